The third kappa shape index (κ3) is 3.22. The highest BCUT2D eigenvalue weighted by atomic mass is 32.2. The summed E-state index contributed by atoms with van der Waals surface area (Å²) in [6, 6.07) is 4.32. The molecule has 0 atom stereocenters. The first kappa shape index (κ1) is 13.8. The number of nitrogens with two attached hydrogens (primary N) is 1. The van der Waals surface area contributed by atoms with Gasteiger partial charge in [0.25, 0.3) is 0 Å². The molecular formula is C11H13N3O3S2. The minimum absolute atomic E-state index is 0.105. The van der Waals surface area contributed by atoms with Crippen molar-refractivity contribution in [3.63, 3.8) is 0 Å². The molecule has 0 fully saturated rings. The van der Waals surface area contributed by atoms with Gasteiger partial charge in [0.05, 0.1) is 35.4 Å². The number of ether oxygens (including phenoxy) is 1. The molecule has 0 amide bonds. The van der Waals surface area contributed by atoms with Gasteiger partial charge in [-0.2, -0.15) is 0 Å². The molecule has 19 heavy (non-hydrogen) atoms. The first-order valence-corrected chi connectivity index (χ1v) is 7.76. The van der Waals surface area contributed by atoms with E-state index in [1.165, 1.54) is 36.6 Å². The zero-order chi connectivity index (χ0) is 13.9. The van der Waals surface area contributed by atoms with E-state index in [1.807, 2.05) is 0 Å². The molecule has 0 unspecified atom stereocenters. The van der Waals surface area contributed by atoms with Crippen molar-refractivity contribution in [2.24, 2.45) is 0 Å². The van der Waals surface area contributed by atoms with Gasteiger partial charge in [0.2, 0.25) is 10.0 Å². The minimum Gasteiger partial charge on any atom is -0.495 e. The lowest BCUT2D eigenvalue weighted by molar-refractivity contribution is 0.415. The summed E-state index contributed by atoms with van der Waals surface area (Å²) in [5, 5.41) is 1.78. The summed E-state index contributed by atoms with van der Waals surface area (Å²) in [7, 11) is -2.17. The molecule has 0 saturated heterocycles. The number of anilines is 1. The van der Waals surface area contributed by atoms with Gasteiger partial charge in [-0.05, 0) is 12.1 Å². The topological polar surface area (TPSA) is 94.3 Å². The minimum atomic E-state index is -3.61. The second kappa shape index (κ2) is 5.55. The molecule has 1 heterocycles. The number of hydrogen-bond acceptors (Lipinski definition) is 6. The molecule has 2 rings (SSSR count). The Morgan fingerprint density at radius 2 is 2.26 bits per heavy atom. The maximum absolute atomic E-state index is 12.1. The molecule has 0 aliphatic rings. The van der Waals surface area contributed by atoms with E-state index in [1.54, 1.807) is 10.9 Å². The largest absolute Gasteiger partial charge is 0.495 e. The fourth-order valence-electron chi connectivity index (χ4n) is 1.44. The normalized spacial score (nSPS) is 11.4. The molecule has 1 aromatic heterocycles. The Balaban J connectivity index is 2.19. The highest BCUT2D eigenvalue weighted by molar-refractivity contribution is 7.89. The SMILES string of the molecule is COc1cc(S(=O)(=O)NCc2cscn2)ccc1N. The van der Waals surface area contributed by atoms with Crippen LogP contribution in [0.3, 0.4) is 0 Å². The van der Waals surface area contributed by atoms with E-state index < -0.39 is 10.0 Å². The number of benzene rings is 1. The van der Waals surface area contributed by atoms with Crippen LogP contribution in [0.25, 0.3) is 0 Å². The van der Waals surface area contributed by atoms with Gasteiger partial charge < -0.3 is 10.5 Å². The first-order chi connectivity index (χ1) is 9.03. The van der Waals surface area contributed by atoms with Crippen LogP contribution in [0, 0.1) is 0 Å². The van der Waals surface area contributed by atoms with Crippen molar-refractivity contribution in [2.75, 3.05) is 12.8 Å². The van der Waals surface area contributed by atoms with E-state index >= 15 is 0 Å². The predicted octanol–water partition coefficient (Wildman–Crippen LogP) is 1.21. The number of aromatic nitrogens is 1. The number of nitrogens with one attached hydrogen (secondary N) is 1. The molecule has 6 nitrogen and oxygen atoms in total. The van der Waals surface area contributed by atoms with Crippen LogP contribution in [0.2, 0.25) is 0 Å². The number of nitrogens with zero attached hydrogens (tertiary/aromatic N) is 1. The van der Waals surface area contributed by atoms with E-state index in [0.29, 0.717) is 17.1 Å². The van der Waals surface area contributed by atoms with Crippen molar-refractivity contribution < 1.29 is 13.2 Å². The summed E-state index contributed by atoms with van der Waals surface area (Å²) in [6.07, 6.45) is 0. The highest BCUT2D eigenvalue weighted by Crippen LogP contribution is 2.24. The van der Waals surface area contributed by atoms with Gasteiger partial charge in [0.15, 0.2) is 0 Å². The van der Waals surface area contributed by atoms with E-state index in [0.717, 1.165) is 0 Å². The van der Waals surface area contributed by atoms with Gasteiger partial charge in [0, 0.05) is 11.4 Å². The molecule has 1 aromatic carbocycles. The number of methoxy groups -OCH3 is 1. The van der Waals surface area contributed by atoms with Crippen LogP contribution < -0.4 is 15.2 Å². The maximum atomic E-state index is 12.1. The standard InChI is InChI=1S/C11H13N3O3S2/c1-17-11-4-9(2-3-10(11)12)19(15,16)14-5-8-6-18-7-13-8/h2-4,6-7,14H,5,12H2,1H3. The summed E-state index contributed by atoms with van der Waals surface area (Å²) in [6.45, 7) is 0.151. The van der Waals surface area contributed by atoms with Gasteiger partial charge in [-0.25, -0.2) is 18.1 Å². The second-order valence-corrected chi connectivity index (χ2v) is 6.19. The molecule has 0 aliphatic carbocycles. The van der Waals surface area contributed by atoms with Gasteiger partial charge in [-0.3, -0.25) is 0 Å². The monoisotopic (exact) mass is 299 g/mol. The molecule has 8 heteroatoms. The van der Waals surface area contributed by atoms with Gasteiger partial charge in [-0.15, -0.1) is 11.3 Å². The molecule has 2 aromatic rings. The lowest BCUT2D eigenvalue weighted by atomic mass is 10.3. The number of thiazole rings is 1. The van der Waals surface area contributed by atoms with Crippen LogP contribution in [0.4, 0.5) is 5.69 Å². The Morgan fingerprint density at radius 3 is 2.89 bits per heavy atom. The molecule has 0 spiro atoms. The average molecular weight is 299 g/mol. The van der Waals surface area contributed by atoms with Gasteiger partial charge in [0.1, 0.15) is 5.75 Å². The number of rotatable bonds is 5. The van der Waals surface area contributed by atoms with Gasteiger partial charge in [-0.1, -0.05) is 0 Å². The second-order valence-electron chi connectivity index (χ2n) is 3.71. The fraction of sp³-hybridized carbons (Fsp3) is 0.182. The Morgan fingerprint density at radius 1 is 1.47 bits per heavy atom. The van der Waals surface area contributed by atoms with Crippen molar-refractivity contribution in [1.29, 1.82) is 0 Å². The van der Waals surface area contributed by atoms with Crippen molar-refractivity contribution in [3.8, 4) is 5.75 Å². The van der Waals surface area contributed by atoms with E-state index in [2.05, 4.69) is 9.71 Å². The van der Waals surface area contributed by atoms with Gasteiger partial charge >= 0.3 is 0 Å². The lowest BCUT2D eigenvalue weighted by Gasteiger charge is -2.09. The third-order valence-corrected chi connectivity index (χ3v) is 4.48. The molecule has 0 radical (unpaired) electrons. The Labute approximate surface area is 115 Å². The molecule has 0 saturated carbocycles. The fourth-order valence-corrected chi connectivity index (χ4v) is 3.01. The molecule has 0 bridgehead atoms. The Bertz CT molecular complexity index is 654. The summed E-state index contributed by atoms with van der Waals surface area (Å²) in [5.41, 5.74) is 8.36. The molecule has 0 aliphatic heterocycles. The number of sulfonamides is 1. The van der Waals surface area contributed by atoms with Crippen LogP contribution in [-0.2, 0) is 16.6 Å². The lowest BCUT2D eigenvalue weighted by Crippen LogP contribution is -2.23. The van der Waals surface area contributed by atoms with E-state index in [9.17, 15) is 8.42 Å². The maximum Gasteiger partial charge on any atom is 0.241 e. The molecule has 102 valence electrons. The zero-order valence-corrected chi connectivity index (χ0v) is 11.8. The number of hydrogen-bond donors (Lipinski definition) is 2. The summed E-state index contributed by atoms with van der Waals surface area (Å²) >= 11 is 1.41. The third-order valence-electron chi connectivity index (χ3n) is 2.44. The number of nitrogen functional groups attached to an aromatic ring is 1. The summed E-state index contributed by atoms with van der Waals surface area (Å²) in [5.74, 6) is 0.330. The van der Waals surface area contributed by atoms with Crippen LogP contribution in [0.5, 0.6) is 5.75 Å². The van der Waals surface area contributed by atoms with Crippen LogP contribution in [0.1, 0.15) is 5.69 Å². The smallest absolute Gasteiger partial charge is 0.241 e. The van der Waals surface area contributed by atoms with E-state index in [-0.39, 0.29) is 11.4 Å². The average Bonchev–Trinajstić information content (AvgIpc) is 2.90. The Hall–Kier alpha value is -1.64. The van der Waals surface area contributed by atoms with Crippen molar-refractivity contribution in [1.82, 2.24) is 9.71 Å². The predicted molar refractivity (Wildman–Crippen MR) is 73.5 cm³/mol. The quantitative estimate of drug-likeness (QED) is 0.809. The van der Waals surface area contributed by atoms with Crippen LogP contribution >= 0.6 is 11.3 Å². The first-order valence-electron chi connectivity index (χ1n) is 5.33. The summed E-state index contributed by atoms with van der Waals surface area (Å²) in [4.78, 5) is 4.11. The van der Waals surface area contributed by atoms with Crippen molar-refractivity contribution >= 4 is 27.0 Å². The summed E-state index contributed by atoms with van der Waals surface area (Å²) < 4.78 is 31.6. The Kier molecular flexibility index (Phi) is 4.03. The van der Waals surface area contributed by atoms with E-state index in [4.69, 9.17) is 10.5 Å². The van der Waals surface area contributed by atoms with Crippen LogP contribution in [-0.4, -0.2) is 20.5 Å². The zero-order valence-electron chi connectivity index (χ0n) is 10.2. The van der Waals surface area contributed by atoms with Crippen molar-refractivity contribution in [3.05, 3.63) is 34.8 Å². The molecular weight excluding hydrogens is 286 g/mol. The highest BCUT2D eigenvalue weighted by Gasteiger charge is 2.16. The van der Waals surface area contributed by atoms with Crippen molar-refractivity contribution in [2.45, 2.75) is 11.4 Å². The van der Waals surface area contributed by atoms with Crippen LogP contribution in [0.15, 0.2) is 34.0 Å². The molecule has 3 N–H and O–H groups in total.